The van der Waals surface area contributed by atoms with Gasteiger partial charge < -0.3 is 11.5 Å². The highest BCUT2D eigenvalue weighted by Gasteiger charge is 2.06. The summed E-state index contributed by atoms with van der Waals surface area (Å²) in [5, 5.41) is 4.10. The lowest BCUT2D eigenvalue weighted by Gasteiger charge is -2.09. The lowest BCUT2D eigenvalue weighted by Crippen LogP contribution is -2.20. The van der Waals surface area contributed by atoms with Crippen LogP contribution in [0.1, 0.15) is 11.6 Å². The standard InChI is InChI=1S/C11H13N3S/c12-6-10(13)8-1-3-14-11(5-8)9-2-4-15-7-9/h1-5,7,10H,6,12-13H2. The van der Waals surface area contributed by atoms with E-state index in [9.17, 15) is 0 Å². The van der Waals surface area contributed by atoms with Gasteiger partial charge >= 0.3 is 0 Å². The van der Waals surface area contributed by atoms with Crippen LogP contribution in [-0.4, -0.2) is 11.5 Å². The molecule has 2 rings (SSSR count). The van der Waals surface area contributed by atoms with E-state index in [-0.39, 0.29) is 6.04 Å². The number of nitrogens with zero attached hydrogens (tertiary/aromatic N) is 1. The van der Waals surface area contributed by atoms with E-state index in [4.69, 9.17) is 11.5 Å². The summed E-state index contributed by atoms with van der Waals surface area (Å²) < 4.78 is 0. The van der Waals surface area contributed by atoms with Crippen LogP contribution in [0.4, 0.5) is 0 Å². The molecule has 0 saturated heterocycles. The smallest absolute Gasteiger partial charge is 0.0713 e. The Balaban J connectivity index is 2.35. The monoisotopic (exact) mass is 219 g/mol. The Morgan fingerprint density at radius 1 is 1.40 bits per heavy atom. The molecule has 4 heteroatoms. The zero-order valence-corrected chi connectivity index (χ0v) is 9.08. The number of rotatable bonds is 3. The Labute approximate surface area is 92.8 Å². The molecule has 2 heterocycles. The molecule has 0 aliphatic rings. The molecule has 0 spiro atoms. The second kappa shape index (κ2) is 4.53. The molecule has 0 radical (unpaired) electrons. The van der Waals surface area contributed by atoms with Crippen molar-refractivity contribution < 1.29 is 0 Å². The molecule has 0 amide bonds. The largest absolute Gasteiger partial charge is 0.329 e. The molecule has 0 saturated carbocycles. The van der Waals surface area contributed by atoms with E-state index in [1.807, 2.05) is 23.6 Å². The predicted octanol–water partition coefficient (Wildman–Crippen LogP) is 1.77. The summed E-state index contributed by atoms with van der Waals surface area (Å²) in [6.45, 7) is 0.451. The Morgan fingerprint density at radius 3 is 2.93 bits per heavy atom. The number of pyridine rings is 1. The molecule has 3 nitrogen and oxygen atoms in total. The highest BCUT2D eigenvalue weighted by molar-refractivity contribution is 7.08. The van der Waals surface area contributed by atoms with Crippen LogP contribution in [0.2, 0.25) is 0 Å². The van der Waals surface area contributed by atoms with Crippen LogP contribution >= 0.6 is 11.3 Å². The lowest BCUT2D eigenvalue weighted by atomic mass is 10.1. The molecular formula is C11H13N3S. The predicted molar refractivity (Wildman–Crippen MR) is 63.5 cm³/mol. The van der Waals surface area contributed by atoms with Crippen LogP contribution < -0.4 is 11.5 Å². The van der Waals surface area contributed by atoms with Crippen molar-refractivity contribution in [3.63, 3.8) is 0 Å². The van der Waals surface area contributed by atoms with E-state index in [0.717, 1.165) is 16.8 Å². The normalized spacial score (nSPS) is 12.7. The highest BCUT2D eigenvalue weighted by Crippen LogP contribution is 2.22. The molecule has 4 N–H and O–H groups in total. The van der Waals surface area contributed by atoms with E-state index in [2.05, 4.69) is 10.4 Å². The van der Waals surface area contributed by atoms with Gasteiger partial charge in [-0.15, -0.1) is 0 Å². The van der Waals surface area contributed by atoms with Gasteiger partial charge in [-0.3, -0.25) is 4.98 Å². The van der Waals surface area contributed by atoms with Crippen LogP contribution in [0, 0.1) is 0 Å². The molecular weight excluding hydrogens is 206 g/mol. The van der Waals surface area contributed by atoms with Crippen LogP contribution in [0.15, 0.2) is 35.2 Å². The van der Waals surface area contributed by atoms with Gasteiger partial charge in [0.25, 0.3) is 0 Å². The van der Waals surface area contributed by atoms with Gasteiger partial charge in [-0.25, -0.2) is 0 Å². The summed E-state index contributed by atoms with van der Waals surface area (Å²) in [4.78, 5) is 4.31. The van der Waals surface area contributed by atoms with Gasteiger partial charge in [-0.1, -0.05) is 0 Å². The van der Waals surface area contributed by atoms with E-state index < -0.39 is 0 Å². The third kappa shape index (κ3) is 2.23. The van der Waals surface area contributed by atoms with Gasteiger partial charge in [0.15, 0.2) is 0 Å². The third-order valence-corrected chi connectivity index (χ3v) is 2.97. The molecule has 0 aliphatic heterocycles. The fraction of sp³-hybridized carbons (Fsp3) is 0.182. The summed E-state index contributed by atoms with van der Waals surface area (Å²) in [5.41, 5.74) is 14.5. The zero-order valence-electron chi connectivity index (χ0n) is 8.26. The Bertz CT molecular complexity index is 425. The van der Waals surface area contributed by atoms with Crippen molar-refractivity contribution in [2.75, 3.05) is 6.54 Å². The average Bonchev–Trinajstić information content (AvgIpc) is 2.82. The number of hydrogen-bond donors (Lipinski definition) is 2. The first-order valence-electron chi connectivity index (χ1n) is 4.75. The van der Waals surface area contributed by atoms with Crippen molar-refractivity contribution in [1.29, 1.82) is 0 Å². The minimum absolute atomic E-state index is 0.106. The van der Waals surface area contributed by atoms with Crippen LogP contribution in [0.5, 0.6) is 0 Å². The van der Waals surface area contributed by atoms with Gasteiger partial charge in [-0.2, -0.15) is 11.3 Å². The van der Waals surface area contributed by atoms with E-state index in [1.54, 1.807) is 17.5 Å². The van der Waals surface area contributed by atoms with Crippen molar-refractivity contribution >= 4 is 11.3 Å². The molecule has 0 aliphatic carbocycles. The molecule has 0 bridgehead atoms. The van der Waals surface area contributed by atoms with Crippen LogP contribution in [0.25, 0.3) is 11.3 Å². The molecule has 1 atom stereocenters. The van der Waals surface area contributed by atoms with Crippen molar-refractivity contribution in [3.8, 4) is 11.3 Å². The van der Waals surface area contributed by atoms with Crippen LogP contribution in [-0.2, 0) is 0 Å². The number of hydrogen-bond acceptors (Lipinski definition) is 4. The first-order chi connectivity index (χ1) is 7.31. The summed E-state index contributed by atoms with van der Waals surface area (Å²) in [6.07, 6.45) is 1.78. The SMILES string of the molecule is NCC(N)c1ccnc(-c2ccsc2)c1. The quantitative estimate of drug-likeness (QED) is 0.826. The Kier molecular flexibility index (Phi) is 3.11. The highest BCUT2D eigenvalue weighted by atomic mass is 32.1. The van der Waals surface area contributed by atoms with Gasteiger partial charge in [0.1, 0.15) is 0 Å². The maximum absolute atomic E-state index is 5.87. The molecule has 2 aromatic rings. The number of thiophene rings is 1. The van der Waals surface area contributed by atoms with Crippen molar-refractivity contribution in [3.05, 3.63) is 40.7 Å². The lowest BCUT2D eigenvalue weighted by molar-refractivity contribution is 0.736. The molecule has 15 heavy (non-hydrogen) atoms. The zero-order chi connectivity index (χ0) is 10.7. The third-order valence-electron chi connectivity index (χ3n) is 2.28. The van der Waals surface area contributed by atoms with Gasteiger partial charge in [-0.05, 0) is 29.1 Å². The second-order valence-electron chi connectivity index (χ2n) is 3.33. The number of aromatic nitrogens is 1. The summed E-state index contributed by atoms with van der Waals surface area (Å²) in [6, 6.07) is 5.85. The molecule has 78 valence electrons. The van der Waals surface area contributed by atoms with Gasteiger partial charge in [0.05, 0.1) is 5.69 Å². The minimum Gasteiger partial charge on any atom is -0.329 e. The first-order valence-corrected chi connectivity index (χ1v) is 5.69. The topological polar surface area (TPSA) is 64.9 Å². The fourth-order valence-corrected chi connectivity index (χ4v) is 2.03. The summed E-state index contributed by atoms with van der Waals surface area (Å²) >= 11 is 1.66. The number of nitrogens with two attached hydrogens (primary N) is 2. The minimum atomic E-state index is -0.106. The summed E-state index contributed by atoms with van der Waals surface area (Å²) in [7, 11) is 0. The van der Waals surface area contributed by atoms with Crippen molar-refractivity contribution in [2.24, 2.45) is 11.5 Å². The molecule has 0 aromatic carbocycles. The van der Waals surface area contributed by atoms with Gasteiger partial charge in [0, 0.05) is 29.7 Å². The molecule has 0 fully saturated rings. The summed E-state index contributed by atoms with van der Waals surface area (Å²) in [5.74, 6) is 0. The molecule has 2 aromatic heterocycles. The fourth-order valence-electron chi connectivity index (χ4n) is 1.38. The van der Waals surface area contributed by atoms with Crippen molar-refractivity contribution in [2.45, 2.75) is 6.04 Å². The molecule has 1 unspecified atom stereocenters. The first kappa shape index (κ1) is 10.3. The Hall–Kier alpha value is -1.23. The second-order valence-corrected chi connectivity index (χ2v) is 4.11. The maximum atomic E-state index is 5.87. The van der Waals surface area contributed by atoms with E-state index in [0.29, 0.717) is 6.54 Å². The Morgan fingerprint density at radius 2 is 2.27 bits per heavy atom. The maximum Gasteiger partial charge on any atom is 0.0713 e. The van der Waals surface area contributed by atoms with E-state index >= 15 is 0 Å². The average molecular weight is 219 g/mol. The van der Waals surface area contributed by atoms with Crippen LogP contribution in [0.3, 0.4) is 0 Å². The van der Waals surface area contributed by atoms with Crippen molar-refractivity contribution in [1.82, 2.24) is 4.98 Å². The van der Waals surface area contributed by atoms with Gasteiger partial charge in [0.2, 0.25) is 0 Å². The van der Waals surface area contributed by atoms with E-state index in [1.165, 1.54) is 0 Å².